The molecule has 0 heterocycles. The molecule has 0 aromatic heterocycles. The average Bonchev–Trinajstić information content (AvgIpc) is 2.86. The van der Waals surface area contributed by atoms with Crippen molar-refractivity contribution in [3.05, 3.63) is 41.0 Å². The Morgan fingerprint density at radius 3 is 2.10 bits per heavy atom. The van der Waals surface area contributed by atoms with Crippen molar-refractivity contribution in [2.45, 2.75) is 37.9 Å². The minimum absolute atomic E-state index is 0.00903. The van der Waals surface area contributed by atoms with E-state index in [9.17, 15) is 18.1 Å². The molecule has 0 saturated carbocycles. The summed E-state index contributed by atoms with van der Waals surface area (Å²) in [6, 6.07) is 6.19. The van der Waals surface area contributed by atoms with Gasteiger partial charge in [0, 0.05) is 6.07 Å². The average molecular weight is 572 g/mol. The SMILES string of the molecule is Cc1cc(C)c(/N=N/c2cc(OCC(COCCO)OC(CO)COCCO)c(N)cc2C)c(S(=O)(=O)O)c1. The van der Waals surface area contributed by atoms with Crippen molar-refractivity contribution in [1.29, 1.82) is 0 Å². The largest absolute Gasteiger partial charge is 0.489 e. The van der Waals surface area contributed by atoms with Crippen molar-refractivity contribution in [3.63, 3.8) is 0 Å². The van der Waals surface area contributed by atoms with E-state index in [1.165, 1.54) is 12.1 Å². The van der Waals surface area contributed by atoms with Gasteiger partial charge in [0.1, 0.15) is 35.1 Å². The van der Waals surface area contributed by atoms with Crippen molar-refractivity contribution in [1.82, 2.24) is 0 Å². The van der Waals surface area contributed by atoms with Gasteiger partial charge in [-0.15, -0.1) is 5.11 Å². The number of nitrogen functional groups attached to an aromatic ring is 1. The summed E-state index contributed by atoms with van der Waals surface area (Å²) >= 11 is 0. The number of nitrogens with two attached hydrogens (primary N) is 1. The Morgan fingerprint density at radius 1 is 0.872 bits per heavy atom. The van der Waals surface area contributed by atoms with E-state index in [-0.39, 0.29) is 69.2 Å². The summed E-state index contributed by atoms with van der Waals surface area (Å²) in [4.78, 5) is -0.349. The molecule has 218 valence electrons. The second kappa shape index (κ2) is 15.8. The van der Waals surface area contributed by atoms with Crippen LogP contribution >= 0.6 is 0 Å². The third-order valence-corrected chi connectivity index (χ3v) is 6.23. The van der Waals surface area contributed by atoms with Gasteiger partial charge in [-0.05, 0) is 49.6 Å². The number of ether oxygens (including phenoxy) is 4. The molecular formula is C25H37N3O10S. The first-order chi connectivity index (χ1) is 18.5. The molecular weight excluding hydrogens is 534 g/mol. The molecule has 2 aromatic carbocycles. The molecule has 6 N–H and O–H groups in total. The van der Waals surface area contributed by atoms with Gasteiger partial charge in [-0.1, -0.05) is 6.07 Å². The van der Waals surface area contributed by atoms with Crippen LogP contribution < -0.4 is 10.5 Å². The van der Waals surface area contributed by atoms with Gasteiger partial charge in [-0.25, -0.2) is 0 Å². The maximum atomic E-state index is 11.9. The van der Waals surface area contributed by atoms with Gasteiger partial charge in [0.2, 0.25) is 0 Å². The zero-order valence-corrected chi connectivity index (χ0v) is 23.1. The molecule has 2 rings (SSSR count). The number of azo groups is 1. The minimum Gasteiger partial charge on any atom is -0.489 e. The molecule has 0 amide bonds. The smallest absolute Gasteiger partial charge is 0.296 e. The number of hydrogen-bond acceptors (Lipinski definition) is 12. The van der Waals surface area contributed by atoms with Crippen LogP contribution in [0.2, 0.25) is 0 Å². The molecule has 0 aliphatic carbocycles. The van der Waals surface area contributed by atoms with Crippen LogP contribution in [0.1, 0.15) is 16.7 Å². The zero-order valence-electron chi connectivity index (χ0n) is 22.2. The topological polar surface area (TPSA) is 203 Å². The molecule has 2 unspecified atom stereocenters. The number of aryl methyl sites for hydroxylation is 3. The van der Waals surface area contributed by atoms with Crippen LogP contribution in [-0.2, 0) is 24.3 Å². The van der Waals surface area contributed by atoms with Gasteiger partial charge < -0.3 is 40.0 Å². The van der Waals surface area contributed by atoms with Crippen LogP contribution in [0.15, 0.2) is 39.4 Å². The zero-order chi connectivity index (χ0) is 29.0. The quantitative estimate of drug-likeness (QED) is 0.0804. The highest BCUT2D eigenvalue weighted by Gasteiger charge is 2.20. The predicted molar refractivity (Wildman–Crippen MR) is 143 cm³/mol. The van der Waals surface area contributed by atoms with E-state index >= 15 is 0 Å². The number of rotatable bonds is 17. The molecule has 0 aliphatic heterocycles. The molecule has 0 saturated heterocycles. The number of benzene rings is 2. The van der Waals surface area contributed by atoms with Crippen LogP contribution in [0.4, 0.5) is 17.1 Å². The molecule has 2 atom stereocenters. The van der Waals surface area contributed by atoms with E-state index in [0.717, 1.165) is 0 Å². The highest BCUT2D eigenvalue weighted by atomic mass is 32.2. The fourth-order valence-electron chi connectivity index (χ4n) is 3.56. The highest BCUT2D eigenvalue weighted by Crippen LogP contribution is 2.35. The van der Waals surface area contributed by atoms with E-state index in [1.54, 1.807) is 32.9 Å². The van der Waals surface area contributed by atoms with Crippen LogP contribution in [0.3, 0.4) is 0 Å². The summed E-state index contributed by atoms with van der Waals surface area (Å²) in [7, 11) is -4.53. The Hall–Kier alpha value is -2.69. The molecule has 0 aliphatic rings. The summed E-state index contributed by atoms with van der Waals surface area (Å²) in [5.41, 5.74) is 8.59. The van der Waals surface area contributed by atoms with E-state index in [4.69, 9.17) is 34.9 Å². The Labute approximate surface area is 227 Å². The Kier molecular flexibility index (Phi) is 13.2. The lowest BCUT2D eigenvalue weighted by Crippen LogP contribution is -2.36. The van der Waals surface area contributed by atoms with Crippen molar-refractivity contribution >= 4 is 27.2 Å². The molecule has 0 spiro atoms. The maximum Gasteiger partial charge on any atom is 0.296 e. The van der Waals surface area contributed by atoms with Gasteiger partial charge in [-0.2, -0.15) is 13.5 Å². The fourth-order valence-corrected chi connectivity index (χ4v) is 4.34. The normalized spacial score (nSPS) is 13.6. The van der Waals surface area contributed by atoms with Crippen molar-refractivity contribution < 1.29 is 47.2 Å². The van der Waals surface area contributed by atoms with Crippen molar-refractivity contribution in [2.24, 2.45) is 10.2 Å². The number of hydrogen-bond donors (Lipinski definition) is 5. The second-order valence-corrected chi connectivity index (χ2v) is 10.1. The first-order valence-electron chi connectivity index (χ1n) is 12.2. The van der Waals surface area contributed by atoms with Gasteiger partial charge in [-0.3, -0.25) is 4.55 Å². The summed E-state index contributed by atoms with van der Waals surface area (Å²) in [5.74, 6) is 0.248. The molecule has 13 nitrogen and oxygen atoms in total. The summed E-state index contributed by atoms with van der Waals surface area (Å²) < 4.78 is 55.8. The lowest BCUT2D eigenvalue weighted by atomic mass is 10.1. The van der Waals surface area contributed by atoms with E-state index in [1.807, 2.05) is 0 Å². The lowest BCUT2D eigenvalue weighted by Gasteiger charge is -2.24. The maximum absolute atomic E-state index is 11.9. The fraction of sp³-hybridized carbons (Fsp3) is 0.520. The number of anilines is 1. The van der Waals surface area contributed by atoms with Gasteiger partial charge in [0.05, 0.1) is 57.6 Å². The number of nitrogens with zero attached hydrogens (tertiary/aromatic N) is 2. The van der Waals surface area contributed by atoms with Crippen LogP contribution in [0, 0.1) is 20.8 Å². The van der Waals surface area contributed by atoms with E-state index in [0.29, 0.717) is 28.1 Å². The van der Waals surface area contributed by atoms with Crippen LogP contribution in [-0.4, -0.2) is 93.4 Å². The highest BCUT2D eigenvalue weighted by molar-refractivity contribution is 7.86. The minimum atomic E-state index is -4.53. The predicted octanol–water partition coefficient (Wildman–Crippen LogP) is 2.00. The monoisotopic (exact) mass is 571 g/mol. The summed E-state index contributed by atoms with van der Waals surface area (Å²) in [5, 5.41) is 35.8. The van der Waals surface area contributed by atoms with Gasteiger partial charge in [0.25, 0.3) is 10.1 Å². The molecule has 39 heavy (non-hydrogen) atoms. The summed E-state index contributed by atoms with van der Waals surface area (Å²) in [6.07, 6.45) is -1.39. The van der Waals surface area contributed by atoms with Crippen molar-refractivity contribution in [2.75, 3.05) is 58.6 Å². The third-order valence-electron chi connectivity index (χ3n) is 5.37. The third kappa shape index (κ3) is 10.4. The van der Waals surface area contributed by atoms with E-state index < -0.39 is 22.3 Å². The summed E-state index contributed by atoms with van der Waals surface area (Å²) in [6.45, 7) is 4.61. The standard InChI is InChI=1S/C25H37N3O10S/c1-16-8-18(3)25(24(9-16)39(32,33)34)28-27-22-11-23(21(26)10-17(22)2)37-15-20(14-36-7-5-30)38-19(12-31)13-35-6-4-29/h8-11,19-20,29-31H,4-7,12-15,26H2,1-3H3,(H,32,33,34)/b28-27+. The molecule has 0 radical (unpaired) electrons. The first-order valence-corrected chi connectivity index (χ1v) is 13.6. The Balaban J connectivity index is 2.26. The second-order valence-electron chi connectivity index (χ2n) is 8.75. The Bertz CT molecular complexity index is 1210. The Morgan fingerprint density at radius 2 is 1.51 bits per heavy atom. The molecule has 0 bridgehead atoms. The van der Waals surface area contributed by atoms with Crippen LogP contribution in [0.5, 0.6) is 5.75 Å². The molecule has 0 fully saturated rings. The number of aliphatic hydroxyl groups is 3. The van der Waals surface area contributed by atoms with Gasteiger partial charge in [0.15, 0.2) is 0 Å². The van der Waals surface area contributed by atoms with Crippen LogP contribution in [0.25, 0.3) is 0 Å². The first kappa shape index (κ1) is 32.5. The molecule has 14 heteroatoms. The molecule has 2 aromatic rings. The lowest BCUT2D eigenvalue weighted by molar-refractivity contribution is -0.115. The van der Waals surface area contributed by atoms with E-state index in [2.05, 4.69) is 10.2 Å². The van der Waals surface area contributed by atoms with Gasteiger partial charge >= 0.3 is 0 Å². The van der Waals surface area contributed by atoms with Crippen molar-refractivity contribution in [3.8, 4) is 5.75 Å². The number of aliphatic hydroxyl groups excluding tert-OH is 3.